The van der Waals surface area contributed by atoms with Gasteiger partial charge >= 0.3 is 0 Å². The van der Waals surface area contributed by atoms with E-state index in [0.717, 1.165) is 25.9 Å². The number of fused-ring (bicyclic) bond motifs is 1. The van der Waals surface area contributed by atoms with Crippen LogP contribution in [0.15, 0.2) is 12.3 Å². The van der Waals surface area contributed by atoms with E-state index in [9.17, 15) is 4.79 Å². The van der Waals surface area contributed by atoms with Crippen LogP contribution in [0.1, 0.15) is 19.3 Å². The predicted molar refractivity (Wildman–Crippen MR) is 77.4 cm³/mol. The molecule has 0 atom stereocenters. The fraction of sp³-hybridized carbons (Fsp3) is 0.462. The van der Waals surface area contributed by atoms with Crippen molar-refractivity contribution < 1.29 is 4.79 Å². The van der Waals surface area contributed by atoms with Crippen LogP contribution in [0, 0.1) is 0 Å². The number of nitrogens with zero attached hydrogens (tertiary/aromatic N) is 4. The average molecular weight is 294 g/mol. The third-order valence-electron chi connectivity index (χ3n) is 3.59. The second-order valence-electron chi connectivity index (χ2n) is 4.96. The molecule has 0 unspecified atom stereocenters. The molecule has 0 aromatic carbocycles. The summed E-state index contributed by atoms with van der Waals surface area (Å²) in [6.45, 7) is 2.23. The number of rotatable bonds is 3. The summed E-state index contributed by atoms with van der Waals surface area (Å²) >= 11 is 5.88. The van der Waals surface area contributed by atoms with Crippen molar-refractivity contribution in [3.63, 3.8) is 0 Å². The van der Waals surface area contributed by atoms with Gasteiger partial charge in [0.15, 0.2) is 5.65 Å². The number of carbonyl (C=O) groups excluding carboxylic acids is 1. The second kappa shape index (κ2) is 5.28. The van der Waals surface area contributed by atoms with Gasteiger partial charge in [-0.2, -0.15) is 0 Å². The maximum atomic E-state index is 12.1. The Labute approximate surface area is 121 Å². The molecule has 3 heterocycles. The lowest BCUT2D eigenvalue weighted by Gasteiger charge is -2.15. The number of hydrogen-bond donors (Lipinski definition) is 1. The SMILES string of the molecule is Nc1nc2cc(Cl)cnc2n1CCC(=O)N1CCCC1. The summed E-state index contributed by atoms with van der Waals surface area (Å²) in [6.07, 6.45) is 4.17. The van der Waals surface area contributed by atoms with E-state index >= 15 is 0 Å². The number of nitrogen functional groups attached to an aromatic ring is 1. The lowest BCUT2D eigenvalue weighted by atomic mass is 10.3. The topological polar surface area (TPSA) is 77.0 Å². The number of amides is 1. The highest BCUT2D eigenvalue weighted by Crippen LogP contribution is 2.20. The van der Waals surface area contributed by atoms with Crippen LogP contribution in [0.5, 0.6) is 0 Å². The Morgan fingerprint density at radius 3 is 2.90 bits per heavy atom. The van der Waals surface area contributed by atoms with Gasteiger partial charge in [0, 0.05) is 32.3 Å². The number of aryl methyl sites for hydroxylation is 1. The van der Waals surface area contributed by atoms with Crippen molar-refractivity contribution in [3.05, 3.63) is 17.3 Å². The molecule has 1 aliphatic heterocycles. The lowest BCUT2D eigenvalue weighted by molar-refractivity contribution is -0.130. The number of carbonyl (C=O) groups is 1. The highest BCUT2D eigenvalue weighted by atomic mass is 35.5. The number of halogens is 1. The molecule has 6 nitrogen and oxygen atoms in total. The third-order valence-corrected chi connectivity index (χ3v) is 3.80. The van der Waals surface area contributed by atoms with Crippen LogP contribution < -0.4 is 5.73 Å². The van der Waals surface area contributed by atoms with Crippen LogP contribution in [-0.2, 0) is 11.3 Å². The zero-order valence-electron chi connectivity index (χ0n) is 11.0. The van der Waals surface area contributed by atoms with E-state index in [2.05, 4.69) is 9.97 Å². The Balaban J connectivity index is 1.77. The molecule has 2 aromatic rings. The molecule has 106 valence electrons. The van der Waals surface area contributed by atoms with Gasteiger partial charge in [-0.1, -0.05) is 11.6 Å². The van der Waals surface area contributed by atoms with Gasteiger partial charge in [-0.3, -0.25) is 9.36 Å². The van der Waals surface area contributed by atoms with Crippen LogP contribution in [-0.4, -0.2) is 38.4 Å². The quantitative estimate of drug-likeness (QED) is 0.934. The van der Waals surface area contributed by atoms with E-state index in [1.807, 2.05) is 4.90 Å². The Kier molecular flexibility index (Phi) is 3.48. The zero-order chi connectivity index (χ0) is 14.1. The number of hydrogen-bond acceptors (Lipinski definition) is 4. The minimum Gasteiger partial charge on any atom is -0.369 e. The first-order chi connectivity index (χ1) is 9.65. The van der Waals surface area contributed by atoms with Gasteiger partial charge in [0.25, 0.3) is 0 Å². The van der Waals surface area contributed by atoms with Crippen LogP contribution in [0.3, 0.4) is 0 Å². The highest BCUT2D eigenvalue weighted by molar-refractivity contribution is 6.31. The minimum absolute atomic E-state index is 0.165. The fourth-order valence-corrected chi connectivity index (χ4v) is 2.71. The van der Waals surface area contributed by atoms with Crippen molar-refractivity contribution in [1.82, 2.24) is 19.4 Å². The number of aromatic nitrogens is 3. The van der Waals surface area contributed by atoms with E-state index in [0.29, 0.717) is 35.1 Å². The summed E-state index contributed by atoms with van der Waals surface area (Å²) in [7, 11) is 0. The Morgan fingerprint density at radius 2 is 2.15 bits per heavy atom. The first kappa shape index (κ1) is 13.2. The third kappa shape index (κ3) is 2.43. The number of pyridine rings is 1. The van der Waals surface area contributed by atoms with Gasteiger partial charge in [-0.25, -0.2) is 9.97 Å². The molecule has 20 heavy (non-hydrogen) atoms. The normalized spacial score (nSPS) is 15.2. The first-order valence-electron chi connectivity index (χ1n) is 6.70. The Morgan fingerprint density at radius 1 is 1.40 bits per heavy atom. The van der Waals surface area contributed by atoms with E-state index in [-0.39, 0.29) is 5.91 Å². The first-order valence-corrected chi connectivity index (χ1v) is 7.08. The fourth-order valence-electron chi connectivity index (χ4n) is 2.56. The maximum Gasteiger partial charge on any atom is 0.224 e. The van der Waals surface area contributed by atoms with Gasteiger partial charge in [0.1, 0.15) is 5.52 Å². The molecule has 2 aromatic heterocycles. The van der Waals surface area contributed by atoms with Crippen molar-refractivity contribution in [3.8, 4) is 0 Å². The molecular formula is C13H16ClN5O. The molecule has 1 amide bonds. The lowest BCUT2D eigenvalue weighted by Crippen LogP contribution is -2.28. The maximum absolute atomic E-state index is 12.1. The Bertz CT molecular complexity index is 647. The molecule has 0 radical (unpaired) electrons. The molecule has 0 saturated carbocycles. The summed E-state index contributed by atoms with van der Waals surface area (Å²) in [5.74, 6) is 0.529. The summed E-state index contributed by atoms with van der Waals surface area (Å²) in [6, 6.07) is 1.72. The van der Waals surface area contributed by atoms with Gasteiger partial charge in [0.05, 0.1) is 5.02 Å². The van der Waals surface area contributed by atoms with Gasteiger partial charge in [-0.15, -0.1) is 0 Å². The molecule has 0 aliphatic carbocycles. The Hall–Kier alpha value is -1.82. The van der Waals surface area contributed by atoms with Crippen LogP contribution >= 0.6 is 11.6 Å². The predicted octanol–water partition coefficient (Wildman–Crippen LogP) is 1.68. The summed E-state index contributed by atoms with van der Waals surface area (Å²) in [5.41, 5.74) is 7.21. The average Bonchev–Trinajstić information content (AvgIpc) is 3.03. The zero-order valence-corrected chi connectivity index (χ0v) is 11.8. The molecular weight excluding hydrogens is 278 g/mol. The number of likely N-dealkylation sites (tertiary alicyclic amines) is 1. The monoisotopic (exact) mass is 293 g/mol. The molecule has 2 N–H and O–H groups in total. The van der Waals surface area contributed by atoms with Crippen LogP contribution in [0.2, 0.25) is 5.02 Å². The van der Waals surface area contributed by atoms with Crippen molar-refractivity contribution >= 4 is 34.6 Å². The van der Waals surface area contributed by atoms with Crippen molar-refractivity contribution in [2.24, 2.45) is 0 Å². The summed E-state index contributed by atoms with van der Waals surface area (Å²) in [5, 5.41) is 0.523. The van der Waals surface area contributed by atoms with Crippen molar-refractivity contribution in [1.29, 1.82) is 0 Å². The molecule has 3 rings (SSSR count). The number of anilines is 1. The van der Waals surface area contributed by atoms with Gasteiger partial charge < -0.3 is 10.6 Å². The standard InChI is InChI=1S/C13H16ClN5O/c14-9-7-10-12(16-8-9)19(13(15)17-10)6-3-11(20)18-4-1-2-5-18/h7-8H,1-6H2,(H2,15,17). The van der Waals surface area contributed by atoms with E-state index in [4.69, 9.17) is 17.3 Å². The highest BCUT2D eigenvalue weighted by Gasteiger charge is 2.18. The van der Waals surface area contributed by atoms with E-state index < -0.39 is 0 Å². The van der Waals surface area contributed by atoms with Crippen molar-refractivity contribution in [2.45, 2.75) is 25.8 Å². The number of nitrogens with two attached hydrogens (primary N) is 1. The molecule has 1 fully saturated rings. The summed E-state index contributed by atoms with van der Waals surface area (Å²) < 4.78 is 1.76. The van der Waals surface area contributed by atoms with Crippen molar-refractivity contribution in [2.75, 3.05) is 18.8 Å². The minimum atomic E-state index is 0.165. The molecule has 7 heteroatoms. The van der Waals surface area contributed by atoms with Gasteiger partial charge in [-0.05, 0) is 18.9 Å². The van der Waals surface area contributed by atoms with Gasteiger partial charge in [0.2, 0.25) is 11.9 Å². The summed E-state index contributed by atoms with van der Waals surface area (Å²) in [4.78, 5) is 22.4. The molecule has 0 bridgehead atoms. The largest absolute Gasteiger partial charge is 0.369 e. The smallest absolute Gasteiger partial charge is 0.224 e. The van der Waals surface area contributed by atoms with E-state index in [1.165, 1.54) is 0 Å². The van der Waals surface area contributed by atoms with Crippen LogP contribution in [0.25, 0.3) is 11.2 Å². The number of imidazole rings is 1. The second-order valence-corrected chi connectivity index (χ2v) is 5.39. The van der Waals surface area contributed by atoms with Crippen LogP contribution in [0.4, 0.5) is 5.95 Å². The van der Waals surface area contributed by atoms with E-state index in [1.54, 1.807) is 16.8 Å². The molecule has 1 aliphatic rings. The molecule has 0 spiro atoms. The molecule has 1 saturated heterocycles.